The van der Waals surface area contributed by atoms with Crippen LogP contribution in [0.1, 0.15) is 33.6 Å². The van der Waals surface area contributed by atoms with E-state index in [2.05, 4.69) is 23.7 Å². The number of fused-ring (bicyclic) bond motifs is 5. The third-order valence-corrected chi connectivity index (χ3v) is 3.82. The zero-order valence-electron chi connectivity index (χ0n) is 9.83. The fraction of sp³-hybridized carbons (Fsp3) is 0.750. The molecule has 3 heteroatoms. The van der Waals surface area contributed by atoms with E-state index in [1.807, 2.05) is 13.8 Å². The van der Waals surface area contributed by atoms with Crippen molar-refractivity contribution in [3.05, 3.63) is 11.3 Å². The largest absolute Gasteiger partial charge is 0.327 e. The third kappa shape index (κ3) is 1.49. The summed E-state index contributed by atoms with van der Waals surface area (Å²) in [6.45, 7) is 6.12. The lowest BCUT2D eigenvalue weighted by molar-refractivity contribution is 0.441. The summed E-state index contributed by atoms with van der Waals surface area (Å²) in [6, 6.07) is 0.402. The summed E-state index contributed by atoms with van der Waals surface area (Å²) >= 11 is 0. The average molecular weight is 207 g/mol. The van der Waals surface area contributed by atoms with Crippen LogP contribution in [-0.2, 0) is 0 Å². The van der Waals surface area contributed by atoms with Crippen LogP contribution in [0.25, 0.3) is 0 Å². The second-order valence-electron chi connectivity index (χ2n) is 4.50. The van der Waals surface area contributed by atoms with Crippen molar-refractivity contribution in [2.24, 2.45) is 28.6 Å². The van der Waals surface area contributed by atoms with Crippen molar-refractivity contribution in [3.8, 4) is 0 Å². The molecule has 0 radical (unpaired) electrons. The van der Waals surface area contributed by atoms with Crippen molar-refractivity contribution in [2.45, 2.75) is 39.7 Å². The van der Waals surface area contributed by atoms with Gasteiger partial charge in [0.2, 0.25) is 0 Å². The highest BCUT2D eigenvalue weighted by molar-refractivity contribution is 5.69. The molecule has 4 unspecified atom stereocenters. The van der Waals surface area contributed by atoms with Gasteiger partial charge in [0.25, 0.3) is 0 Å². The molecule has 15 heavy (non-hydrogen) atoms. The number of nitrogens with zero attached hydrogens (tertiary/aromatic N) is 1. The predicted molar refractivity (Wildman–Crippen MR) is 63.4 cm³/mol. The first-order chi connectivity index (χ1) is 7.27. The molecular formula is C12H21N3. The van der Waals surface area contributed by atoms with E-state index in [1.54, 1.807) is 5.57 Å². The van der Waals surface area contributed by atoms with Crippen molar-refractivity contribution >= 4 is 6.21 Å². The van der Waals surface area contributed by atoms with E-state index in [9.17, 15) is 0 Å². The summed E-state index contributed by atoms with van der Waals surface area (Å²) in [4.78, 5) is 0. The summed E-state index contributed by atoms with van der Waals surface area (Å²) < 4.78 is 0. The molecule has 2 bridgehead atoms. The van der Waals surface area contributed by atoms with Crippen LogP contribution < -0.4 is 11.2 Å². The highest BCUT2D eigenvalue weighted by atomic mass is 15.3. The van der Waals surface area contributed by atoms with Gasteiger partial charge in [-0.05, 0) is 37.2 Å². The number of rotatable bonds is 0. The first-order valence-electron chi connectivity index (χ1n) is 6.03. The maximum atomic E-state index is 6.08. The first-order valence-corrected chi connectivity index (χ1v) is 6.03. The van der Waals surface area contributed by atoms with E-state index in [-0.39, 0.29) is 0 Å². The molecule has 2 aliphatic carbocycles. The van der Waals surface area contributed by atoms with E-state index < -0.39 is 0 Å². The molecule has 3 rings (SSSR count). The van der Waals surface area contributed by atoms with Crippen molar-refractivity contribution in [3.63, 3.8) is 0 Å². The van der Waals surface area contributed by atoms with Crippen LogP contribution in [0.15, 0.2) is 16.4 Å². The fourth-order valence-electron chi connectivity index (χ4n) is 3.27. The molecule has 3 aliphatic rings. The number of hydrazone groups is 1. The van der Waals surface area contributed by atoms with Gasteiger partial charge >= 0.3 is 0 Å². The molecular weight excluding hydrogens is 186 g/mol. The molecule has 84 valence electrons. The average Bonchev–Trinajstić information content (AvgIpc) is 2.79. The van der Waals surface area contributed by atoms with E-state index in [1.165, 1.54) is 18.5 Å². The molecule has 0 aromatic heterocycles. The van der Waals surface area contributed by atoms with Gasteiger partial charge in [-0.25, -0.2) is 0 Å². The van der Waals surface area contributed by atoms with E-state index in [0.717, 1.165) is 5.92 Å². The van der Waals surface area contributed by atoms with Gasteiger partial charge in [0.1, 0.15) is 0 Å². The Morgan fingerprint density at radius 2 is 2.13 bits per heavy atom. The second kappa shape index (κ2) is 3.97. The van der Waals surface area contributed by atoms with Gasteiger partial charge in [-0.15, -0.1) is 0 Å². The van der Waals surface area contributed by atoms with Gasteiger partial charge in [-0.3, -0.25) is 5.43 Å². The van der Waals surface area contributed by atoms with Crippen LogP contribution in [0.5, 0.6) is 0 Å². The fourth-order valence-corrected chi connectivity index (χ4v) is 3.27. The minimum Gasteiger partial charge on any atom is -0.327 e. The Morgan fingerprint density at radius 1 is 1.40 bits per heavy atom. The van der Waals surface area contributed by atoms with Gasteiger partial charge < -0.3 is 5.73 Å². The lowest BCUT2D eigenvalue weighted by Crippen LogP contribution is -2.35. The maximum absolute atomic E-state index is 6.08. The Labute approximate surface area is 91.8 Å². The van der Waals surface area contributed by atoms with Gasteiger partial charge in [0.05, 0.1) is 0 Å². The van der Waals surface area contributed by atoms with Gasteiger partial charge in [0.15, 0.2) is 0 Å². The Kier molecular flexibility index (Phi) is 2.83. The van der Waals surface area contributed by atoms with Crippen LogP contribution >= 0.6 is 0 Å². The summed E-state index contributed by atoms with van der Waals surface area (Å²) in [5.41, 5.74) is 11.9. The van der Waals surface area contributed by atoms with Gasteiger partial charge in [0, 0.05) is 23.9 Å². The van der Waals surface area contributed by atoms with Crippen molar-refractivity contribution in [2.75, 3.05) is 0 Å². The van der Waals surface area contributed by atoms with E-state index in [4.69, 9.17) is 5.73 Å². The summed E-state index contributed by atoms with van der Waals surface area (Å²) in [7, 11) is 0. The molecule has 2 saturated carbocycles. The molecule has 0 aromatic carbocycles. The van der Waals surface area contributed by atoms with Crippen LogP contribution in [0.2, 0.25) is 0 Å². The minimum atomic E-state index is 0.402. The van der Waals surface area contributed by atoms with E-state index in [0.29, 0.717) is 17.9 Å². The summed E-state index contributed by atoms with van der Waals surface area (Å²) in [5.74, 6) is 2.01. The number of nitrogens with two attached hydrogens (primary N) is 1. The Hall–Kier alpha value is -0.830. The van der Waals surface area contributed by atoms with E-state index >= 15 is 0 Å². The lowest BCUT2D eigenvalue weighted by atomic mass is 9.81. The SMILES string of the molecule is CC.CC1=C2C(C=NN1)C1CC(N)C2C1. The van der Waals surface area contributed by atoms with Gasteiger partial charge in [-0.1, -0.05) is 13.8 Å². The summed E-state index contributed by atoms with van der Waals surface area (Å²) in [6.07, 6.45) is 4.54. The Morgan fingerprint density at radius 3 is 2.87 bits per heavy atom. The Balaban J connectivity index is 0.000000404. The van der Waals surface area contributed by atoms with Crippen LogP contribution in [-0.4, -0.2) is 12.3 Å². The van der Waals surface area contributed by atoms with Crippen molar-refractivity contribution < 1.29 is 0 Å². The first kappa shape index (κ1) is 10.7. The molecule has 0 spiro atoms. The zero-order chi connectivity index (χ0) is 11.0. The molecule has 0 saturated heterocycles. The topological polar surface area (TPSA) is 50.4 Å². The zero-order valence-corrected chi connectivity index (χ0v) is 9.83. The highest BCUT2D eigenvalue weighted by Crippen LogP contribution is 2.52. The standard InChI is InChI=1S/C10H15N3.C2H6/c1-5-10-7-2-6(3-9(7)11)8(10)4-12-13-5;1-2/h4,6-9,13H,2-3,11H2,1H3;1-2H3. The molecule has 1 aliphatic heterocycles. The number of hydrogen-bond acceptors (Lipinski definition) is 3. The van der Waals surface area contributed by atoms with Crippen molar-refractivity contribution in [1.82, 2.24) is 5.43 Å². The molecule has 3 nitrogen and oxygen atoms in total. The minimum absolute atomic E-state index is 0.402. The quantitative estimate of drug-likeness (QED) is 0.637. The van der Waals surface area contributed by atoms with Crippen LogP contribution in [0.4, 0.5) is 0 Å². The van der Waals surface area contributed by atoms with Crippen LogP contribution in [0, 0.1) is 17.8 Å². The lowest BCUT2D eigenvalue weighted by Gasteiger charge is -2.30. The maximum Gasteiger partial charge on any atom is 0.0322 e. The normalized spacial score (nSPS) is 40.8. The molecule has 0 amide bonds. The molecule has 0 aromatic rings. The molecule has 4 atom stereocenters. The molecule has 1 heterocycles. The smallest absolute Gasteiger partial charge is 0.0322 e. The summed E-state index contributed by atoms with van der Waals surface area (Å²) in [5, 5.41) is 4.17. The highest BCUT2D eigenvalue weighted by Gasteiger charge is 2.48. The number of allylic oxidation sites excluding steroid dienone is 1. The van der Waals surface area contributed by atoms with Crippen LogP contribution in [0.3, 0.4) is 0 Å². The second-order valence-corrected chi connectivity index (χ2v) is 4.50. The number of hydrogen-bond donors (Lipinski definition) is 2. The van der Waals surface area contributed by atoms with Crippen molar-refractivity contribution in [1.29, 1.82) is 0 Å². The molecule has 2 fully saturated rings. The third-order valence-electron chi connectivity index (χ3n) is 3.82. The Bertz CT molecular complexity index is 306. The predicted octanol–water partition coefficient (Wildman–Crippen LogP) is 1.86. The number of nitrogens with one attached hydrogen (secondary N) is 1. The van der Waals surface area contributed by atoms with Gasteiger partial charge in [-0.2, -0.15) is 5.10 Å². The monoisotopic (exact) mass is 207 g/mol. The molecule has 3 N–H and O–H groups in total.